The Morgan fingerprint density at radius 1 is 0.938 bits per heavy atom. The van der Waals surface area contributed by atoms with E-state index in [1.165, 1.54) is 0 Å². The minimum Gasteiger partial charge on any atom is -0.481 e. The number of hydrogen-bond acceptors (Lipinski definition) is 7. The molecule has 0 spiro atoms. The number of hydrogen-bond donors (Lipinski definition) is 3. The second-order valence-corrected chi connectivity index (χ2v) is 13.3. The van der Waals surface area contributed by atoms with Crippen molar-refractivity contribution in [3.05, 3.63) is 118 Å². The van der Waals surface area contributed by atoms with Crippen LogP contribution in [0.2, 0.25) is 5.02 Å². The number of allylic oxidation sites excluding steroid dienone is 1. The first kappa shape index (κ1) is 35.6. The minimum absolute atomic E-state index is 0.00284. The molecule has 0 aliphatic carbocycles. The number of carboxylic acid groups (broad SMARTS) is 2. The zero-order valence-corrected chi connectivity index (χ0v) is 28.3. The van der Waals surface area contributed by atoms with E-state index >= 15 is 0 Å². The molecule has 2 aliphatic heterocycles. The third-order valence-electron chi connectivity index (χ3n) is 9.31. The highest BCUT2D eigenvalue weighted by molar-refractivity contribution is 6.30. The van der Waals surface area contributed by atoms with Gasteiger partial charge in [0.05, 0.1) is 44.6 Å². The number of halogens is 1. The fourth-order valence-corrected chi connectivity index (χ4v) is 7.32. The fraction of sp³-hybridized carbons (Fsp3) is 0.421. The molecule has 2 aliphatic rings. The van der Waals surface area contributed by atoms with Crippen LogP contribution in [0.1, 0.15) is 62.1 Å². The molecule has 0 amide bonds. The van der Waals surface area contributed by atoms with Gasteiger partial charge < -0.3 is 34.5 Å². The standard InChI is InChI=1S/C38H44ClNO8/c1-25-33(35(41)42)34(28-15-10-16-29(39)21-28)38(36(43)44,18-17-31(26-11-6-4-7-12-26)27-13-8-5-9-14-27)32(40-25)24-46-20-19-45-22-30-23-47-37(2,3)48-30/h4-16,21,30-32,34,40H,17-20,22-24H2,1-3H3,(H,41,42)(H,43,44). The van der Waals surface area contributed by atoms with Crippen molar-refractivity contribution in [1.82, 2.24) is 5.32 Å². The number of ether oxygens (including phenoxy) is 4. The van der Waals surface area contributed by atoms with Crippen LogP contribution in [0.25, 0.3) is 0 Å². The fourth-order valence-electron chi connectivity index (χ4n) is 7.12. The van der Waals surface area contributed by atoms with Crippen molar-refractivity contribution in [2.24, 2.45) is 5.41 Å². The first-order chi connectivity index (χ1) is 23.0. The normalized spacial score (nSPS) is 23.6. The molecule has 4 unspecified atom stereocenters. The SMILES string of the molecule is CC1=C(C(=O)O)C(c2cccc(Cl)c2)C(CCC(c2ccccc2)c2ccccc2)(C(=O)O)C(COCCOCC2COC(C)(C)O2)N1. The summed E-state index contributed by atoms with van der Waals surface area (Å²) in [5.74, 6) is -4.10. The minimum atomic E-state index is -1.62. The van der Waals surface area contributed by atoms with Crippen LogP contribution in [-0.2, 0) is 28.5 Å². The van der Waals surface area contributed by atoms with Gasteiger partial charge in [0.1, 0.15) is 11.5 Å². The molecular weight excluding hydrogens is 634 g/mol. The van der Waals surface area contributed by atoms with Gasteiger partial charge >= 0.3 is 11.9 Å². The molecule has 0 saturated carbocycles. The zero-order valence-electron chi connectivity index (χ0n) is 27.6. The van der Waals surface area contributed by atoms with Crippen LogP contribution < -0.4 is 5.32 Å². The number of nitrogens with one attached hydrogen (secondary N) is 1. The number of rotatable bonds is 15. The monoisotopic (exact) mass is 677 g/mol. The Kier molecular flexibility index (Phi) is 11.6. The van der Waals surface area contributed by atoms with Gasteiger partial charge in [-0.3, -0.25) is 4.79 Å². The van der Waals surface area contributed by atoms with Crippen LogP contribution in [0, 0.1) is 5.41 Å². The molecule has 3 N–H and O–H groups in total. The Bertz CT molecular complexity index is 1540. The van der Waals surface area contributed by atoms with E-state index in [4.69, 9.17) is 30.5 Å². The van der Waals surface area contributed by atoms with E-state index < -0.39 is 35.1 Å². The third-order valence-corrected chi connectivity index (χ3v) is 9.54. The lowest BCUT2D eigenvalue weighted by atomic mass is 9.59. The Balaban J connectivity index is 1.47. The van der Waals surface area contributed by atoms with Crippen LogP contribution in [-0.4, -0.2) is 73.1 Å². The Hall–Kier alpha value is -3.73. The van der Waals surface area contributed by atoms with Gasteiger partial charge in [0, 0.05) is 22.6 Å². The average molecular weight is 678 g/mol. The molecule has 2 heterocycles. The number of aliphatic carboxylic acids is 2. The van der Waals surface area contributed by atoms with Crippen LogP contribution >= 0.6 is 11.6 Å². The number of carboxylic acids is 2. The third kappa shape index (κ3) is 8.10. The van der Waals surface area contributed by atoms with Gasteiger partial charge in [-0.1, -0.05) is 84.4 Å². The molecule has 9 nitrogen and oxygen atoms in total. The Labute approximate surface area is 286 Å². The van der Waals surface area contributed by atoms with Crippen molar-refractivity contribution in [3.8, 4) is 0 Å². The summed E-state index contributed by atoms with van der Waals surface area (Å²) in [4.78, 5) is 26.8. The summed E-state index contributed by atoms with van der Waals surface area (Å²) in [6, 6.07) is 26.0. The van der Waals surface area contributed by atoms with Gasteiger partial charge in [-0.25, -0.2) is 4.79 Å². The van der Waals surface area contributed by atoms with Gasteiger partial charge in [-0.15, -0.1) is 0 Å². The highest BCUT2D eigenvalue weighted by Gasteiger charge is 2.57. The molecule has 0 bridgehead atoms. The molecule has 0 aromatic heterocycles. The second-order valence-electron chi connectivity index (χ2n) is 12.9. The van der Waals surface area contributed by atoms with Crippen molar-refractivity contribution in [1.29, 1.82) is 0 Å². The van der Waals surface area contributed by atoms with Crippen molar-refractivity contribution in [2.45, 2.75) is 63.4 Å². The highest BCUT2D eigenvalue weighted by atomic mass is 35.5. The molecule has 3 aromatic carbocycles. The quantitative estimate of drug-likeness (QED) is 0.152. The van der Waals surface area contributed by atoms with Crippen molar-refractivity contribution >= 4 is 23.5 Å². The second kappa shape index (κ2) is 15.7. The molecule has 5 rings (SSSR count). The first-order valence-corrected chi connectivity index (χ1v) is 16.7. The lowest BCUT2D eigenvalue weighted by Gasteiger charge is -2.48. The van der Waals surface area contributed by atoms with Crippen molar-refractivity contribution in [3.63, 3.8) is 0 Å². The molecule has 1 fully saturated rings. The maximum absolute atomic E-state index is 13.9. The molecule has 256 valence electrons. The largest absolute Gasteiger partial charge is 0.481 e. The first-order valence-electron chi connectivity index (χ1n) is 16.3. The molecule has 10 heteroatoms. The predicted octanol–water partition coefficient (Wildman–Crippen LogP) is 6.62. The van der Waals surface area contributed by atoms with E-state index in [0.717, 1.165) is 11.1 Å². The van der Waals surface area contributed by atoms with Gasteiger partial charge in [0.25, 0.3) is 0 Å². The van der Waals surface area contributed by atoms with E-state index in [2.05, 4.69) is 5.32 Å². The molecule has 0 radical (unpaired) electrons. The van der Waals surface area contributed by atoms with Crippen LogP contribution in [0.5, 0.6) is 0 Å². The van der Waals surface area contributed by atoms with Crippen molar-refractivity contribution in [2.75, 3.05) is 33.0 Å². The highest BCUT2D eigenvalue weighted by Crippen LogP contribution is 2.52. The zero-order chi connectivity index (χ0) is 34.3. The Morgan fingerprint density at radius 3 is 2.10 bits per heavy atom. The summed E-state index contributed by atoms with van der Waals surface area (Å²) < 4.78 is 23.3. The van der Waals surface area contributed by atoms with Gasteiger partial charge in [-0.2, -0.15) is 0 Å². The van der Waals surface area contributed by atoms with E-state index in [0.29, 0.717) is 35.9 Å². The summed E-state index contributed by atoms with van der Waals surface area (Å²) >= 11 is 6.44. The molecule has 48 heavy (non-hydrogen) atoms. The van der Waals surface area contributed by atoms with E-state index in [1.54, 1.807) is 31.2 Å². The summed E-state index contributed by atoms with van der Waals surface area (Å²) in [6.45, 7) is 6.64. The van der Waals surface area contributed by atoms with Gasteiger partial charge in [0.15, 0.2) is 5.79 Å². The topological polar surface area (TPSA) is 124 Å². The van der Waals surface area contributed by atoms with Crippen LogP contribution in [0.4, 0.5) is 0 Å². The predicted molar refractivity (Wildman–Crippen MR) is 182 cm³/mol. The van der Waals surface area contributed by atoms with E-state index in [9.17, 15) is 19.8 Å². The average Bonchev–Trinajstić information content (AvgIpc) is 3.41. The van der Waals surface area contributed by atoms with Crippen molar-refractivity contribution < 1.29 is 38.7 Å². The lowest BCUT2D eigenvalue weighted by Crippen LogP contribution is -2.59. The number of benzene rings is 3. The van der Waals surface area contributed by atoms with Gasteiger partial charge in [-0.05, 0) is 62.4 Å². The maximum atomic E-state index is 13.9. The summed E-state index contributed by atoms with van der Waals surface area (Å²) in [5.41, 5.74) is 1.37. The lowest BCUT2D eigenvalue weighted by molar-refractivity contribution is -0.156. The van der Waals surface area contributed by atoms with E-state index in [-0.39, 0.29) is 43.8 Å². The van der Waals surface area contributed by atoms with E-state index in [1.807, 2.05) is 74.5 Å². The molecule has 1 saturated heterocycles. The van der Waals surface area contributed by atoms with Crippen LogP contribution in [0.3, 0.4) is 0 Å². The summed E-state index contributed by atoms with van der Waals surface area (Å²) in [6.07, 6.45) is 0.400. The van der Waals surface area contributed by atoms with Gasteiger partial charge in [0.2, 0.25) is 0 Å². The molecular formula is C38H44ClNO8. The Morgan fingerprint density at radius 2 is 1.56 bits per heavy atom. The smallest absolute Gasteiger partial charge is 0.333 e. The molecule has 3 aromatic rings. The maximum Gasteiger partial charge on any atom is 0.333 e. The summed E-state index contributed by atoms with van der Waals surface area (Å²) in [7, 11) is 0. The number of carbonyl (C=O) groups is 2. The van der Waals surface area contributed by atoms with Crippen LogP contribution in [0.15, 0.2) is 96.2 Å². The summed E-state index contributed by atoms with van der Waals surface area (Å²) in [5, 5.41) is 25.5. The molecule has 4 atom stereocenters.